The highest BCUT2D eigenvalue weighted by Gasteiger charge is 2.22. The molecule has 0 unspecified atom stereocenters. The monoisotopic (exact) mass is 233 g/mol. The Morgan fingerprint density at radius 1 is 1.47 bits per heavy atom. The molecule has 2 aromatic rings. The van der Waals surface area contributed by atoms with Crippen LogP contribution >= 0.6 is 0 Å². The number of aromatic nitrogens is 4. The molecule has 0 spiro atoms. The minimum Gasteiger partial charge on any atom is -0.377 e. The maximum absolute atomic E-state index is 5.45. The highest BCUT2D eigenvalue weighted by Crippen LogP contribution is 2.20. The summed E-state index contributed by atoms with van der Waals surface area (Å²) in [5.74, 6) is 1.69. The average molecular weight is 233 g/mol. The summed E-state index contributed by atoms with van der Waals surface area (Å²) >= 11 is 0. The van der Waals surface area contributed by atoms with Crippen molar-refractivity contribution < 1.29 is 4.74 Å². The van der Waals surface area contributed by atoms with Crippen LogP contribution in [0, 0.1) is 6.92 Å². The van der Waals surface area contributed by atoms with Gasteiger partial charge in [-0.15, -0.1) is 0 Å². The molecule has 1 aliphatic rings. The van der Waals surface area contributed by atoms with Gasteiger partial charge in [-0.05, 0) is 13.8 Å². The lowest BCUT2D eigenvalue weighted by atomic mass is 10.2. The van der Waals surface area contributed by atoms with Crippen molar-refractivity contribution in [2.45, 2.75) is 19.9 Å². The molecule has 0 N–H and O–H groups in total. The van der Waals surface area contributed by atoms with Gasteiger partial charge in [-0.3, -0.25) is 0 Å². The predicted molar refractivity (Wildman–Crippen MR) is 63.1 cm³/mol. The Morgan fingerprint density at radius 2 is 2.35 bits per heavy atom. The SMILES string of the molecule is Cc1cc(N2CCOC[C@H]2C)n2ncnc2n1. The van der Waals surface area contributed by atoms with Crippen LogP contribution in [-0.2, 0) is 4.74 Å². The molecule has 6 nitrogen and oxygen atoms in total. The van der Waals surface area contributed by atoms with E-state index in [1.807, 2.05) is 13.0 Å². The van der Waals surface area contributed by atoms with E-state index in [9.17, 15) is 0 Å². The summed E-state index contributed by atoms with van der Waals surface area (Å²) in [6.07, 6.45) is 1.54. The lowest BCUT2D eigenvalue weighted by Crippen LogP contribution is -2.44. The van der Waals surface area contributed by atoms with Crippen molar-refractivity contribution in [2.75, 3.05) is 24.7 Å². The Hall–Kier alpha value is -1.69. The van der Waals surface area contributed by atoms with Crippen molar-refractivity contribution in [3.8, 4) is 0 Å². The van der Waals surface area contributed by atoms with Gasteiger partial charge >= 0.3 is 0 Å². The molecule has 0 amide bonds. The van der Waals surface area contributed by atoms with Gasteiger partial charge in [-0.1, -0.05) is 0 Å². The van der Waals surface area contributed by atoms with E-state index in [1.165, 1.54) is 6.33 Å². The quantitative estimate of drug-likeness (QED) is 0.724. The molecule has 6 heteroatoms. The van der Waals surface area contributed by atoms with Gasteiger partial charge in [0.1, 0.15) is 12.1 Å². The minimum absolute atomic E-state index is 0.345. The smallest absolute Gasteiger partial charge is 0.254 e. The molecule has 2 aromatic heterocycles. The van der Waals surface area contributed by atoms with E-state index in [1.54, 1.807) is 4.52 Å². The summed E-state index contributed by atoms with van der Waals surface area (Å²) in [4.78, 5) is 10.8. The van der Waals surface area contributed by atoms with Gasteiger partial charge in [0.25, 0.3) is 5.78 Å². The van der Waals surface area contributed by atoms with E-state index in [0.717, 1.165) is 31.3 Å². The Labute approximate surface area is 99.2 Å². The fourth-order valence-corrected chi connectivity index (χ4v) is 2.18. The zero-order valence-corrected chi connectivity index (χ0v) is 10.00. The Kier molecular flexibility index (Phi) is 2.44. The van der Waals surface area contributed by atoms with Crippen LogP contribution in [0.25, 0.3) is 5.78 Å². The molecule has 1 aliphatic heterocycles. The molecule has 1 saturated heterocycles. The number of hydrogen-bond donors (Lipinski definition) is 0. The van der Waals surface area contributed by atoms with Gasteiger partial charge in [0.15, 0.2) is 0 Å². The third kappa shape index (κ3) is 1.74. The number of anilines is 1. The largest absolute Gasteiger partial charge is 0.377 e. The molecule has 3 heterocycles. The number of ether oxygens (including phenoxy) is 1. The fourth-order valence-electron chi connectivity index (χ4n) is 2.18. The molecule has 0 aliphatic carbocycles. The summed E-state index contributed by atoms with van der Waals surface area (Å²) in [7, 11) is 0. The number of hydrogen-bond acceptors (Lipinski definition) is 5. The zero-order valence-electron chi connectivity index (χ0n) is 10.00. The van der Waals surface area contributed by atoms with Crippen LogP contribution in [0.5, 0.6) is 0 Å². The molecule has 0 aromatic carbocycles. The predicted octanol–water partition coefficient (Wildman–Crippen LogP) is 0.658. The number of aryl methyl sites for hydroxylation is 1. The Morgan fingerprint density at radius 3 is 3.18 bits per heavy atom. The first-order chi connectivity index (χ1) is 8.25. The molecule has 1 fully saturated rings. The van der Waals surface area contributed by atoms with Gasteiger partial charge in [0, 0.05) is 18.3 Å². The lowest BCUT2D eigenvalue weighted by Gasteiger charge is -2.34. The van der Waals surface area contributed by atoms with Crippen molar-refractivity contribution >= 4 is 11.6 Å². The fraction of sp³-hybridized carbons (Fsp3) is 0.545. The Bertz CT molecular complexity index is 538. The summed E-state index contributed by atoms with van der Waals surface area (Å²) in [5, 5.41) is 4.23. The minimum atomic E-state index is 0.345. The van der Waals surface area contributed by atoms with Crippen molar-refractivity contribution in [3.63, 3.8) is 0 Å². The molecule has 90 valence electrons. The molecule has 0 radical (unpaired) electrons. The third-order valence-electron chi connectivity index (χ3n) is 3.02. The van der Waals surface area contributed by atoms with Gasteiger partial charge in [0.05, 0.1) is 19.3 Å². The first-order valence-corrected chi connectivity index (χ1v) is 5.77. The molecular formula is C11H15N5O. The standard InChI is InChI=1S/C11H15N5O/c1-8-5-10(15-3-4-17-6-9(15)2)16-11(14-8)12-7-13-16/h5,7,9H,3-4,6H2,1-2H3/t9-/m1/s1. The van der Waals surface area contributed by atoms with Crippen molar-refractivity contribution in [3.05, 3.63) is 18.1 Å². The normalized spacial score (nSPS) is 21.1. The number of morpholine rings is 1. The van der Waals surface area contributed by atoms with Crippen molar-refractivity contribution in [1.29, 1.82) is 0 Å². The summed E-state index contributed by atoms with van der Waals surface area (Å²) in [5.41, 5.74) is 0.958. The first-order valence-electron chi connectivity index (χ1n) is 5.77. The summed E-state index contributed by atoms with van der Waals surface area (Å²) in [6, 6.07) is 2.39. The van der Waals surface area contributed by atoms with Crippen molar-refractivity contribution in [2.24, 2.45) is 0 Å². The van der Waals surface area contributed by atoms with Crippen LogP contribution in [0.3, 0.4) is 0 Å². The van der Waals surface area contributed by atoms with E-state index in [0.29, 0.717) is 11.8 Å². The Balaban J connectivity index is 2.11. The van der Waals surface area contributed by atoms with Crippen LogP contribution < -0.4 is 4.90 Å². The van der Waals surface area contributed by atoms with Crippen molar-refractivity contribution in [1.82, 2.24) is 19.6 Å². The van der Waals surface area contributed by atoms with E-state index >= 15 is 0 Å². The first kappa shape index (κ1) is 10.5. The summed E-state index contributed by atoms with van der Waals surface area (Å²) < 4.78 is 7.24. The number of fused-ring (bicyclic) bond motifs is 1. The second-order valence-corrected chi connectivity index (χ2v) is 4.34. The second kappa shape index (κ2) is 3.96. The van der Waals surface area contributed by atoms with Crippen LogP contribution in [-0.4, -0.2) is 45.4 Å². The maximum Gasteiger partial charge on any atom is 0.254 e. The third-order valence-corrected chi connectivity index (χ3v) is 3.02. The number of rotatable bonds is 1. The zero-order chi connectivity index (χ0) is 11.8. The van der Waals surface area contributed by atoms with Crippen LogP contribution in [0.1, 0.15) is 12.6 Å². The molecule has 0 bridgehead atoms. The van der Waals surface area contributed by atoms with Gasteiger partial charge in [0.2, 0.25) is 0 Å². The van der Waals surface area contributed by atoms with Gasteiger partial charge in [-0.2, -0.15) is 14.6 Å². The van der Waals surface area contributed by atoms with Crippen LogP contribution in [0.2, 0.25) is 0 Å². The average Bonchev–Trinajstić information content (AvgIpc) is 2.76. The van der Waals surface area contributed by atoms with E-state index < -0.39 is 0 Å². The van der Waals surface area contributed by atoms with E-state index in [2.05, 4.69) is 26.9 Å². The van der Waals surface area contributed by atoms with Crippen LogP contribution in [0.4, 0.5) is 5.82 Å². The highest BCUT2D eigenvalue weighted by molar-refractivity contribution is 5.48. The van der Waals surface area contributed by atoms with E-state index in [4.69, 9.17) is 4.74 Å². The van der Waals surface area contributed by atoms with Gasteiger partial charge < -0.3 is 9.64 Å². The molecule has 17 heavy (non-hydrogen) atoms. The second-order valence-electron chi connectivity index (χ2n) is 4.34. The van der Waals surface area contributed by atoms with Crippen LogP contribution in [0.15, 0.2) is 12.4 Å². The number of nitrogens with zero attached hydrogens (tertiary/aromatic N) is 5. The highest BCUT2D eigenvalue weighted by atomic mass is 16.5. The topological polar surface area (TPSA) is 55.6 Å². The maximum atomic E-state index is 5.45. The lowest BCUT2D eigenvalue weighted by molar-refractivity contribution is 0.0983. The molecule has 3 rings (SSSR count). The summed E-state index contributed by atoms with van der Waals surface area (Å²) in [6.45, 7) is 6.50. The van der Waals surface area contributed by atoms with E-state index in [-0.39, 0.29) is 0 Å². The molecule has 0 saturated carbocycles. The molecular weight excluding hydrogens is 218 g/mol. The molecule has 1 atom stereocenters. The van der Waals surface area contributed by atoms with Gasteiger partial charge in [-0.25, -0.2) is 4.98 Å².